The minimum Gasteiger partial charge on any atom is -0.488 e. The summed E-state index contributed by atoms with van der Waals surface area (Å²) in [6, 6.07) is 25.1. The minimum absolute atomic E-state index is 0.223. The van der Waals surface area contributed by atoms with Gasteiger partial charge in [-0.3, -0.25) is 0 Å². The SMILES string of the molecule is O=C(OCc1ccccc1)c1cc2[nH]ccc2cc1OCc1ccccc1. The lowest BCUT2D eigenvalue weighted by atomic mass is 10.1. The van der Waals surface area contributed by atoms with E-state index in [4.69, 9.17) is 9.47 Å². The summed E-state index contributed by atoms with van der Waals surface area (Å²) in [5.41, 5.74) is 3.26. The van der Waals surface area contributed by atoms with E-state index in [1.165, 1.54) is 0 Å². The Morgan fingerprint density at radius 3 is 2.19 bits per heavy atom. The lowest BCUT2D eigenvalue weighted by Gasteiger charge is -2.12. The summed E-state index contributed by atoms with van der Waals surface area (Å²) in [5.74, 6) is 0.113. The van der Waals surface area contributed by atoms with Crippen LogP contribution in [0.25, 0.3) is 10.9 Å². The van der Waals surface area contributed by atoms with Gasteiger partial charge >= 0.3 is 5.97 Å². The van der Waals surface area contributed by atoms with Gasteiger partial charge in [0, 0.05) is 17.1 Å². The molecule has 0 aliphatic heterocycles. The van der Waals surface area contributed by atoms with Crippen molar-refractivity contribution < 1.29 is 14.3 Å². The smallest absolute Gasteiger partial charge is 0.342 e. The summed E-state index contributed by atoms with van der Waals surface area (Å²) in [6.07, 6.45) is 1.84. The number of aromatic amines is 1. The van der Waals surface area contributed by atoms with Gasteiger partial charge in [0.05, 0.1) is 0 Å². The molecule has 0 unspecified atom stereocenters. The lowest BCUT2D eigenvalue weighted by Crippen LogP contribution is -2.08. The first-order valence-corrected chi connectivity index (χ1v) is 8.78. The Morgan fingerprint density at radius 2 is 1.48 bits per heavy atom. The predicted molar refractivity (Wildman–Crippen MR) is 105 cm³/mol. The molecule has 0 saturated carbocycles. The van der Waals surface area contributed by atoms with Crippen molar-refractivity contribution in [3.63, 3.8) is 0 Å². The van der Waals surface area contributed by atoms with Gasteiger partial charge in [0.1, 0.15) is 24.5 Å². The van der Waals surface area contributed by atoms with E-state index in [0.717, 1.165) is 22.0 Å². The van der Waals surface area contributed by atoms with Crippen molar-refractivity contribution >= 4 is 16.9 Å². The molecule has 0 saturated heterocycles. The number of carbonyl (C=O) groups excluding carboxylic acids is 1. The predicted octanol–water partition coefficient (Wildman–Crippen LogP) is 5.10. The fraction of sp³-hybridized carbons (Fsp3) is 0.0870. The maximum absolute atomic E-state index is 12.7. The molecule has 4 rings (SSSR count). The summed E-state index contributed by atoms with van der Waals surface area (Å²) in [6.45, 7) is 0.607. The lowest BCUT2D eigenvalue weighted by molar-refractivity contribution is 0.0468. The van der Waals surface area contributed by atoms with E-state index < -0.39 is 5.97 Å². The van der Waals surface area contributed by atoms with Gasteiger partial charge in [-0.1, -0.05) is 60.7 Å². The normalized spacial score (nSPS) is 10.7. The largest absolute Gasteiger partial charge is 0.488 e. The fourth-order valence-corrected chi connectivity index (χ4v) is 2.89. The molecule has 0 amide bonds. The molecule has 0 atom stereocenters. The van der Waals surface area contributed by atoms with Gasteiger partial charge in [-0.15, -0.1) is 0 Å². The Morgan fingerprint density at radius 1 is 0.815 bits per heavy atom. The molecule has 3 aromatic carbocycles. The Balaban J connectivity index is 1.56. The molecule has 1 aromatic heterocycles. The second-order valence-electron chi connectivity index (χ2n) is 6.25. The van der Waals surface area contributed by atoms with Gasteiger partial charge in [0.15, 0.2) is 0 Å². The van der Waals surface area contributed by atoms with Crippen molar-refractivity contribution in [1.29, 1.82) is 0 Å². The van der Waals surface area contributed by atoms with Crippen LogP contribution in [0.4, 0.5) is 0 Å². The van der Waals surface area contributed by atoms with Gasteiger partial charge in [-0.05, 0) is 29.3 Å². The number of carbonyl (C=O) groups is 1. The molecule has 0 aliphatic carbocycles. The number of benzene rings is 3. The van der Waals surface area contributed by atoms with Crippen LogP contribution < -0.4 is 4.74 Å². The molecule has 4 aromatic rings. The van der Waals surface area contributed by atoms with E-state index in [-0.39, 0.29) is 6.61 Å². The molecule has 0 aliphatic rings. The molecule has 1 heterocycles. The minimum atomic E-state index is -0.404. The standard InChI is InChI=1S/C23H19NO3/c25-23(27-16-18-9-5-2-6-10-18)20-14-21-19(11-12-24-21)13-22(20)26-15-17-7-3-1-4-8-17/h1-14,24H,15-16H2. The quantitative estimate of drug-likeness (QED) is 0.488. The maximum Gasteiger partial charge on any atom is 0.342 e. The summed E-state index contributed by atoms with van der Waals surface area (Å²) in [5, 5.41) is 0.984. The number of H-pyrrole nitrogens is 1. The molecular weight excluding hydrogens is 338 g/mol. The Kier molecular flexibility index (Phi) is 4.88. The van der Waals surface area contributed by atoms with Crippen LogP contribution in [-0.4, -0.2) is 11.0 Å². The van der Waals surface area contributed by atoms with Crippen LogP contribution in [0, 0.1) is 0 Å². The van der Waals surface area contributed by atoms with Gasteiger partial charge in [0.2, 0.25) is 0 Å². The highest BCUT2D eigenvalue weighted by atomic mass is 16.5. The number of esters is 1. The monoisotopic (exact) mass is 357 g/mol. The van der Waals surface area contributed by atoms with Crippen LogP contribution >= 0.6 is 0 Å². The summed E-state index contributed by atoms with van der Waals surface area (Å²) >= 11 is 0. The highest BCUT2D eigenvalue weighted by molar-refractivity contribution is 5.97. The zero-order valence-electron chi connectivity index (χ0n) is 14.7. The molecule has 0 spiro atoms. The van der Waals surface area contributed by atoms with Crippen LogP contribution in [0.1, 0.15) is 21.5 Å². The molecular formula is C23H19NO3. The van der Waals surface area contributed by atoms with Crippen LogP contribution in [0.2, 0.25) is 0 Å². The van der Waals surface area contributed by atoms with Crippen molar-refractivity contribution in [3.05, 3.63) is 102 Å². The summed E-state index contributed by atoms with van der Waals surface area (Å²) < 4.78 is 11.5. The highest BCUT2D eigenvalue weighted by Crippen LogP contribution is 2.27. The second kappa shape index (κ2) is 7.79. The maximum atomic E-state index is 12.7. The number of ether oxygens (including phenoxy) is 2. The molecule has 4 nitrogen and oxygen atoms in total. The Hall–Kier alpha value is -3.53. The first-order valence-electron chi connectivity index (χ1n) is 8.78. The molecule has 0 radical (unpaired) electrons. The number of fused-ring (bicyclic) bond motifs is 1. The van der Waals surface area contributed by atoms with Crippen molar-refractivity contribution in [2.75, 3.05) is 0 Å². The van der Waals surface area contributed by atoms with Gasteiger partial charge in [-0.25, -0.2) is 4.79 Å². The van der Waals surface area contributed by atoms with E-state index in [1.54, 1.807) is 6.07 Å². The third-order valence-corrected chi connectivity index (χ3v) is 4.32. The van der Waals surface area contributed by atoms with Crippen LogP contribution in [-0.2, 0) is 18.0 Å². The highest BCUT2D eigenvalue weighted by Gasteiger charge is 2.16. The first kappa shape index (κ1) is 16.9. The van der Waals surface area contributed by atoms with E-state index in [0.29, 0.717) is 17.9 Å². The van der Waals surface area contributed by atoms with Crippen LogP contribution in [0.15, 0.2) is 85.1 Å². The molecule has 0 fully saturated rings. The molecule has 134 valence electrons. The number of rotatable bonds is 6. The first-order chi connectivity index (χ1) is 13.3. The number of hydrogen-bond donors (Lipinski definition) is 1. The third-order valence-electron chi connectivity index (χ3n) is 4.32. The van der Waals surface area contributed by atoms with Crippen molar-refractivity contribution in [2.45, 2.75) is 13.2 Å². The fourth-order valence-electron chi connectivity index (χ4n) is 2.89. The summed E-state index contributed by atoms with van der Waals surface area (Å²) in [4.78, 5) is 15.8. The van der Waals surface area contributed by atoms with Crippen LogP contribution in [0.5, 0.6) is 5.75 Å². The molecule has 1 N–H and O–H groups in total. The third kappa shape index (κ3) is 4.01. The van der Waals surface area contributed by atoms with Gasteiger partial charge in [0.25, 0.3) is 0 Å². The number of nitrogens with one attached hydrogen (secondary N) is 1. The molecule has 0 bridgehead atoms. The second-order valence-corrected chi connectivity index (χ2v) is 6.25. The van der Waals surface area contributed by atoms with Gasteiger partial charge < -0.3 is 14.5 Å². The van der Waals surface area contributed by atoms with E-state index >= 15 is 0 Å². The van der Waals surface area contributed by atoms with Crippen molar-refractivity contribution in [1.82, 2.24) is 4.98 Å². The van der Waals surface area contributed by atoms with E-state index in [9.17, 15) is 4.79 Å². The average molecular weight is 357 g/mol. The summed E-state index contributed by atoms with van der Waals surface area (Å²) in [7, 11) is 0. The average Bonchev–Trinajstić information content (AvgIpc) is 3.19. The number of hydrogen-bond acceptors (Lipinski definition) is 3. The number of aromatic nitrogens is 1. The Bertz CT molecular complexity index is 1040. The topological polar surface area (TPSA) is 51.3 Å². The molecule has 27 heavy (non-hydrogen) atoms. The molecule has 4 heteroatoms. The Labute approximate surface area is 157 Å². The van der Waals surface area contributed by atoms with Crippen molar-refractivity contribution in [2.24, 2.45) is 0 Å². The zero-order valence-corrected chi connectivity index (χ0v) is 14.7. The van der Waals surface area contributed by atoms with Crippen molar-refractivity contribution in [3.8, 4) is 5.75 Å². The van der Waals surface area contributed by atoms with Gasteiger partial charge in [-0.2, -0.15) is 0 Å². The zero-order chi connectivity index (χ0) is 18.5. The van der Waals surface area contributed by atoms with Crippen LogP contribution in [0.3, 0.4) is 0 Å². The van der Waals surface area contributed by atoms with E-state index in [1.807, 2.05) is 79.0 Å². The van der Waals surface area contributed by atoms with E-state index in [2.05, 4.69) is 4.98 Å².